The number of anilines is 1. The third kappa shape index (κ3) is 3.94. The summed E-state index contributed by atoms with van der Waals surface area (Å²) >= 11 is 0. The summed E-state index contributed by atoms with van der Waals surface area (Å²) in [7, 11) is 0. The molecule has 0 aliphatic carbocycles. The molecule has 17 heavy (non-hydrogen) atoms. The van der Waals surface area contributed by atoms with E-state index in [0.29, 0.717) is 17.9 Å². The van der Waals surface area contributed by atoms with Crippen molar-refractivity contribution in [3.63, 3.8) is 0 Å². The van der Waals surface area contributed by atoms with Crippen LogP contribution in [0.15, 0.2) is 29.4 Å². The van der Waals surface area contributed by atoms with Gasteiger partial charge in [0.05, 0.1) is 12.2 Å². The van der Waals surface area contributed by atoms with Gasteiger partial charge in [0.2, 0.25) is 0 Å². The van der Waals surface area contributed by atoms with Gasteiger partial charge in [-0.15, -0.1) is 0 Å². The fourth-order valence-corrected chi connectivity index (χ4v) is 1.13. The van der Waals surface area contributed by atoms with E-state index < -0.39 is 11.9 Å². The molecule has 1 aromatic rings. The zero-order chi connectivity index (χ0) is 12.7. The van der Waals surface area contributed by atoms with Crippen LogP contribution in [0.3, 0.4) is 0 Å². The normalized spacial score (nSPS) is 10.2. The topological polar surface area (TPSA) is 88.0 Å². The summed E-state index contributed by atoms with van der Waals surface area (Å²) in [5, 5.41) is 13.2. The van der Waals surface area contributed by atoms with Gasteiger partial charge in [0.25, 0.3) is 5.91 Å². The highest BCUT2D eigenvalue weighted by Gasteiger charge is 2.06. The summed E-state index contributed by atoms with van der Waals surface area (Å²) < 4.78 is 4.81. The molecule has 1 aromatic carbocycles. The van der Waals surface area contributed by atoms with Crippen molar-refractivity contribution in [2.45, 2.75) is 6.92 Å². The van der Waals surface area contributed by atoms with E-state index in [4.69, 9.17) is 9.94 Å². The Kier molecular flexibility index (Phi) is 4.68. The van der Waals surface area contributed by atoms with Gasteiger partial charge in [-0.25, -0.2) is 4.79 Å². The second-order valence-corrected chi connectivity index (χ2v) is 3.03. The molecule has 0 aliphatic heterocycles. The molecule has 0 bridgehead atoms. The van der Waals surface area contributed by atoms with Gasteiger partial charge in [-0.3, -0.25) is 4.79 Å². The smallest absolute Gasteiger partial charge is 0.338 e. The SMILES string of the molecule is CCOC(=O)c1ccc(NC(=O)C=NO)cc1. The second-order valence-electron chi connectivity index (χ2n) is 3.03. The minimum absolute atomic E-state index is 0.310. The number of oxime groups is 1. The fourth-order valence-electron chi connectivity index (χ4n) is 1.13. The maximum absolute atomic E-state index is 11.3. The van der Waals surface area contributed by atoms with Gasteiger partial charge < -0.3 is 15.3 Å². The van der Waals surface area contributed by atoms with Crippen molar-refractivity contribution in [2.75, 3.05) is 11.9 Å². The Morgan fingerprint density at radius 3 is 2.59 bits per heavy atom. The Bertz CT molecular complexity index is 426. The molecule has 0 heterocycles. The number of ether oxygens (including phenoxy) is 1. The van der Waals surface area contributed by atoms with E-state index >= 15 is 0 Å². The molecule has 0 atom stereocenters. The largest absolute Gasteiger partial charge is 0.462 e. The number of amides is 1. The zero-order valence-corrected chi connectivity index (χ0v) is 9.21. The molecule has 0 saturated carbocycles. The standard InChI is InChI=1S/C11H12N2O4/c1-2-17-11(15)8-3-5-9(6-4-8)13-10(14)7-12-16/h3-7,16H,2H2,1H3,(H,13,14). The van der Waals surface area contributed by atoms with Gasteiger partial charge >= 0.3 is 5.97 Å². The van der Waals surface area contributed by atoms with E-state index in [0.717, 1.165) is 6.21 Å². The third-order valence-corrected chi connectivity index (χ3v) is 1.84. The maximum atomic E-state index is 11.3. The Balaban J connectivity index is 2.68. The Hall–Kier alpha value is -2.37. The molecule has 6 nitrogen and oxygen atoms in total. The molecule has 0 radical (unpaired) electrons. The molecule has 0 spiro atoms. The number of benzene rings is 1. The highest BCUT2D eigenvalue weighted by molar-refractivity contribution is 6.31. The Morgan fingerprint density at radius 2 is 2.06 bits per heavy atom. The average Bonchev–Trinajstić information content (AvgIpc) is 2.30. The van der Waals surface area contributed by atoms with Crippen LogP contribution in [-0.4, -0.2) is 29.9 Å². The van der Waals surface area contributed by atoms with Crippen LogP contribution in [0.2, 0.25) is 0 Å². The first-order valence-electron chi connectivity index (χ1n) is 4.93. The van der Waals surface area contributed by atoms with Crippen LogP contribution in [0.1, 0.15) is 17.3 Å². The van der Waals surface area contributed by atoms with Crippen LogP contribution in [0.5, 0.6) is 0 Å². The van der Waals surface area contributed by atoms with Gasteiger partial charge in [0.1, 0.15) is 6.21 Å². The molecule has 1 amide bonds. The quantitative estimate of drug-likeness (QED) is 0.356. The molecule has 90 valence electrons. The number of esters is 1. The van der Waals surface area contributed by atoms with E-state index in [1.807, 2.05) is 0 Å². The van der Waals surface area contributed by atoms with Gasteiger partial charge in [-0.1, -0.05) is 5.16 Å². The first kappa shape index (κ1) is 12.7. The highest BCUT2D eigenvalue weighted by atomic mass is 16.5. The summed E-state index contributed by atoms with van der Waals surface area (Å²) in [4.78, 5) is 22.3. The molecule has 0 unspecified atom stereocenters. The number of carbonyl (C=O) groups excluding carboxylic acids is 2. The summed E-state index contributed by atoms with van der Waals surface area (Å²) in [5.74, 6) is -0.973. The van der Waals surface area contributed by atoms with E-state index in [9.17, 15) is 9.59 Å². The minimum atomic E-state index is -0.559. The van der Waals surface area contributed by atoms with E-state index in [-0.39, 0.29) is 0 Å². The molecule has 2 N–H and O–H groups in total. The number of hydrogen-bond donors (Lipinski definition) is 2. The highest BCUT2D eigenvalue weighted by Crippen LogP contribution is 2.10. The molecule has 6 heteroatoms. The lowest BCUT2D eigenvalue weighted by atomic mass is 10.2. The molecule has 0 fully saturated rings. The monoisotopic (exact) mass is 236 g/mol. The summed E-state index contributed by atoms with van der Waals surface area (Å²) in [6.45, 7) is 2.03. The molecule has 0 aliphatic rings. The number of rotatable bonds is 4. The predicted molar refractivity (Wildman–Crippen MR) is 61.3 cm³/mol. The molecule has 0 aromatic heterocycles. The van der Waals surface area contributed by atoms with Crippen LogP contribution < -0.4 is 5.32 Å². The van der Waals surface area contributed by atoms with Crippen molar-refractivity contribution in [3.05, 3.63) is 29.8 Å². The fraction of sp³-hybridized carbons (Fsp3) is 0.182. The first-order valence-corrected chi connectivity index (χ1v) is 4.93. The van der Waals surface area contributed by atoms with Gasteiger partial charge in [0, 0.05) is 5.69 Å². The van der Waals surface area contributed by atoms with E-state index in [1.165, 1.54) is 12.1 Å². The van der Waals surface area contributed by atoms with Crippen LogP contribution in [-0.2, 0) is 9.53 Å². The van der Waals surface area contributed by atoms with Gasteiger partial charge in [-0.2, -0.15) is 0 Å². The number of hydrogen-bond acceptors (Lipinski definition) is 5. The third-order valence-electron chi connectivity index (χ3n) is 1.84. The lowest BCUT2D eigenvalue weighted by Gasteiger charge is -2.04. The van der Waals surface area contributed by atoms with Crippen LogP contribution in [0, 0.1) is 0 Å². The minimum Gasteiger partial charge on any atom is -0.462 e. The van der Waals surface area contributed by atoms with Crippen molar-refractivity contribution >= 4 is 23.8 Å². The maximum Gasteiger partial charge on any atom is 0.338 e. The van der Waals surface area contributed by atoms with E-state index in [1.54, 1.807) is 19.1 Å². The van der Waals surface area contributed by atoms with Crippen molar-refractivity contribution in [3.8, 4) is 0 Å². The number of nitrogens with zero attached hydrogens (tertiary/aromatic N) is 1. The van der Waals surface area contributed by atoms with Gasteiger partial charge in [-0.05, 0) is 31.2 Å². The summed E-state index contributed by atoms with van der Waals surface area (Å²) in [5.41, 5.74) is 0.892. The summed E-state index contributed by atoms with van der Waals surface area (Å²) in [6.07, 6.45) is 0.735. The van der Waals surface area contributed by atoms with Crippen LogP contribution >= 0.6 is 0 Å². The number of carbonyl (C=O) groups is 2. The zero-order valence-electron chi connectivity index (χ0n) is 9.21. The lowest BCUT2D eigenvalue weighted by molar-refractivity contribution is -0.110. The molecular formula is C11H12N2O4. The predicted octanol–water partition coefficient (Wildman–Crippen LogP) is 1.26. The Labute approximate surface area is 97.9 Å². The van der Waals surface area contributed by atoms with Crippen LogP contribution in [0.25, 0.3) is 0 Å². The van der Waals surface area contributed by atoms with Crippen molar-refractivity contribution in [1.29, 1.82) is 0 Å². The second kappa shape index (κ2) is 6.26. The van der Waals surface area contributed by atoms with Crippen LogP contribution in [0.4, 0.5) is 5.69 Å². The Morgan fingerprint density at radius 1 is 1.41 bits per heavy atom. The molecular weight excluding hydrogens is 224 g/mol. The van der Waals surface area contributed by atoms with E-state index in [2.05, 4.69) is 10.5 Å². The average molecular weight is 236 g/mol. The number of nitrogens with one attached hydrogen (secondary N) is 1. The van der Waals surface area contributed by atoms with Crippen molar-refractivity contribution < 1.29 is 19.5 Å². The summed E-state index contributed by atoms with van der Waals surface area (Å²) in [6, 6.07) is 6.16. The van der Waals surface area contributed by atoms with Gasteiger partial charge in [0.15, 0.2) is 0 Å². The lowest BCUT2D eigenvalue weighted by Crippen LogP contribution is -2.12. The van der Waals surface area contributed by atoms with Crippen molar-refractivity contribution in [1.82, 2.24) is 0 Å². The first-order chi connectivity index (χ1) is 8.17. The molecule has 0 saturated heterocycles. The molecule has 1 rings (SSSR count). The van der Waals surface area contributed by atoms with Crippen molar-refractivity contribution in [2.24, 2.45) is 5.16 Å².